The van der Waals surface area contributed by atoms with Gasteiger partial charge in [-0.05, 0) is 113 Å². The number of halogens is 3. The molecule has 248 valence electrons. The van der Waals surface area contributed by atoms with Crippen LogP contribution in [0, 0.1) is 6.92 Å². The molecule has 1 aliphatic heterocycles. The van der Waals surface area contributed by atoms with Gasteiger partial charge in [-0.1, -0.05) is 67.1 Å². The van der Waals surface area contributed by atoms with Gasteiger partial charge in [0, 0.05) is 12.1 Å². The molecule has 1 heterocycles. The van der Waals surface area contributed by atoms with Gasteiger partial charge in [-0.25, -0.2) is 0 Å². The maximum Gasteiger partial charge on any atom is 0.417 e. The number of unbranched alkanes of at least 4 members (excludes halogenated alkanes) is 2. The van der Waals surface area contributed by atoms with Crippen LogP contribution in [0.25, 0.3) is 23.3 Å². The molecule has 3 aromatic rings. The van der Waals surface area contributed by atoms with Crippen LogP contribution in [0.2, 0.25) is 0 Å². The lowest BCUT2D eigenvalue weighted by molar-refractivity contribution is -0.163. The van der Waals surface area contributed by atoms with Crippen molar-refractivity contribution >= 4 is 18.1 Å². The Morgan fingerprint density at radius 1 is 0.957 bits per heavy atom. The number of hydrogen-bond donors (Lipinski definition) is 1. The third kappa shape index (κ3) is 9.69. The minimum Gasteiger partial charge on any atom is -0.493 e. The van der Waals surface area contributed by atoms with Crippen LogP contribution in [0.4, 0.5) is 13.2 Å². The van der Waals surface area contributed by atoms with Crippen LogP contribution in [0.15, 0.2) is 60.7 Å². The number of carbonyl (C=O) groups is 1. The minimum atomic E-state index is -4.60. The molecule has 0 bridgehead atoms. The first-order chi connectivity index (χ1) is 21.9. The second-order valence-corrected chi connectivity index (χ2v) is 13.0. The van der Waals surface area contributed by atoms with Crippen molar-refractivity contribution in [2.75, 3.05) is 19.7 Å². The van der Waals surface area contributed by atoms with E-state index < -0.39 is 23.4 Å². The summed E-state index contributed by atoms with van der Waals surface area (Å²) in [4.78, 5) is 15.1. The lowest BCUT2D eigenvalue weighted by Gasteiger charge is -2.36. The summed E-state index contributed by atoms with van der Waals surface area (Å²) in [6, 6.07) is 17.9. The fraction of sp³-hybridized carbons (Fsp3) is 0.447. The Kier molecular flexibility index (Phi) is 12.1. The van der Waals surface area contributed by atoms with Gasteiger partial charge in [-0.3, -0.25) is 9.69 Å². The highest BCUT2D eigenvalue weighted by atomic mass is 19.4. The SMILES string of the molecule is Cc1c(/C=C/c2cc(OCCCCCN)c(CN3CCCC[C@H]3C(=O)OC(C)(C)C)cc2C(F)(F)F)cccc1-c1ccccc1. The Balaban J connectivity index is 1.71. The summed E-state index contributed by atoms with van der Waals surface area (Å²) >= 11 is 0. The van der Waals surface area contributed by atoms with Crippen LogP contribution in [-0.4, -0.2) is 42.2 Å². The third-order valence-corrected chi connectivity index (χ3v) is 8.21. The van der Waals surface area contributed by atoms with E-state index in [0.717, 1.165) is 54.4 Å². The highest BCUT2D eigenvalue weighted by Gasteiger charge is 2.36. The Labute approximate surface area is 271 Å². The van der Waals surface area contributed by atoms with Gasteiger partial charge >= 0.3 is 12.1 Å². The maximum atomic E-state index is 14.6. The van der Waals surface area contributed by atoms with Crippen molar-refractivity contribution in [1.82, 2.24) is 4.90 Å². The van der Waals surface area contributed by atoms with E-state index in [1.54, 1.807) is 6.08 Å². The van der Waals surface area contributed by atoms with E-state index in [1.165, 1.54) is 18.2 Å². The van der Waals surface area contributed by atoms with Crippen LogP contribution in [0.5, 0.6) is 5.75 Å². The number of carbonyl (C=O) groups excluding carboxylic acids is 1. The van der Waals surface area contributed by atoms with E-state index in [-0.39, 0.29) is 18.1 Å². The molecule has 1 aliphatic rings. The summed E-state index contributed by atoms with van der Waals surface area (Å²) in [5.74, 6) is 0.0452. The number of nitrogens with two attached hydrogens (primary N) is 1. The first-order valence-electron chi connectivity index (χ1n) is 16.2. The topological polar surface area (TPSA) is 64.8 Å². The monoisotopic (exact) mass is 636 g/mol. The van der Waals surface area contributed by atoms with Gasteiger partial charge in [0.1, 0.15) is 17.4 Å². The first-order valence-corrected chi connectivity index (χ1v) is 16.2. The molecular formula is C38H47F3N2O3. The predicted molar refractivity (Wildman–Crippen MR) is 179 cm³/mol. The summed E-state index contributed by atoms with van der Waals surface area (Å²) in [6.07, 6.45) is 3.41. The molecule has 46 heavy (non-hydrogen) atoms. The number of piperidine rings is 1. The zero-order valence-electron chi connectivity index (χ0n) is 27.5. The molecule has 1 atom stereocenters. The summed E-state index contributed by atoms with van der Waals surface area (Å²) in [5.41, 5.74) is 8.55. The fourth-order valence-electron chi connectivity index (χ4n) is 5.87. The Morgan fingerprint density at radius 3 is 2.39 bits per heavy atom. The zero-order chi connectivity index (χ0) is 33.3. The van der Waals surface area contributed by atoms with E-state index in [0.29, 0.717) is 37.4 Å². The molecule has 0 spiro atoms. The molecule has 4 rings (SSSR count). The van der Waals surface area contributed by atoms with Crippen molar-refractivity contribution < 1.29 is 27.4 Å². The molecule has 0 unspecified atom stereocenters. The van der Waals surface area contributed by atoms with Crippen molar-refractivity contribution in [3.8, 4) is 16.9 Å². The van der Waals surface area contributed by atoms with Gasteiger partial charge in [0.05, 0.1) is 12.2 Å². The predicted octanol–water partition coefficient (Wildman–Crippen LogP) is 9.06. The lowest BCUT2D eigenvalue weighted by atomic mass is 9.95. The maximum absolute atomic E-state index is 14.6. The number of benzene rings is 3. The van der Waals surface area contributed by atoms with Crippen molar-refractivity contribution in [1.29, 1.82) is 0 Å². The van der Waals surface area contributed by atoms with Crippen LogP contribution in [0.1, 0.15) is 87.1 Å². The molecule has 0 amide bonds. The highest BCUT2D eigenvalue weighted by molar-refractivity contribution is 5.79. The number of ether oxygens (including phenoxy) is 2. The van der Waals surface area contributed by atoms with Crippen molar-refractivity contribution in [2.45, 2.75) is 90.6 Å². The Morgan fingerprint density at radius 2 is 1.70 bits per heavy atom. The second kappa shape index (κ2) is 15.8. The number of rotatable bonds is 12. The van der Waals surface area contributed by atoms with Crippen molar-refractivity contribution in [2.24, 2.45) is 5.73 Å². The quantitative estimate of drug-likeness (QED) is 0.122. The smallest absolute Gasteiger partial charge is 0.417 e. The fourth-order valence-corrected chi connectivity index (χ4v) is 5.87. The lowest BCUT2D eigenvalue weighted by Crippen LogP contribution is -2.46. The molecule has 0 aromatic heterocycles. The largest absolute Gasteiger partial charge is 0.493 e. The third-order valence-electron chi connectivity index (χ3n) is 8.21. The van der Waals surface area contributed by atoms with E-state index >= 15 is 0 Å². The summed E-state index contributed by atoms with van der Waals surface area (Å²) in [5, 5.41) is 0. The summed E-state index contributed by atoms with van der Waals surface area (Å²) < 4.78 is 55.8. The molecule has 5 nitrogen and oxygen atoms in total. The normalized spacial score (nSPS) is 16.1. The number of hydrogen-bond acceptors (Lipinski definition) is 5. The van der Waals surface area contributed by atoms with E-state index in [4.69, 9.17) is 15.2 Å². The molecule has 0 saturated carbocycles. The summed E-state index contributed by atoms with van der Waals surface area (Å²) in [6.45, 7) is 9.09. The van der Waals surface area contributed by atoms with Crippen molar-refractivity contribution in [3.63, 3.8) is 0 Å². The van der Waals surface area contributed by atoms with E-state index in [9.17, 15) is 18.0 Å². The van der Waals surface area contributed by atoms with Gasteiger partial charge in [0.15, 0.2) is 0 Å². The number of alkyl halides is 3. The standard InChI is InChI=1S/C38H47F3N2O3/c1-27-28(16-13-17-32(27)29-14-7-5-8-15-29)19-20-30-25-35(45-23-12-6-10-21-42)31(24-33(30)38(39,40)41)26-43-22-11-9-18-34(43)36(44)46-37(2,3)4/h5,7-8,13-17,19-20,24-25,34H,6,9-12,18,21-23,26,42H2,1-4H3/b20-19+/t34-/m0/s1. The Hall–Kier alpha value is -3.62. The molecule has 1 fully saturated rings. The van der Waals surface area contributed by atoms with E-state index in [1.807, 2.05) is 81.1 Å². The van der Waals surface area contributed by atoms with Crippen molar-refractivity contribution in [3.05, 3.63) is 88.5 Å². The Bertz CT molecular complexity index is 1480. The molecular weight excluding hydrogens is 589 g/mol. The van der Waals surface area contributed by atoms with Crippen LogP contribution in [0.3, 0.4) is 0 Å². The second-order valence-electron chi connectivity index (χ2n) is 13.0. The van der Waals surface area contributed by atoms with Gasteiger partial charge in [0.2, 0.25) is 0 Å². The number of nitrogens with zero attached hydrogens (tertiary/aromatic N) is 1. The van der Waals surface area contributed by atoms with E-state index in [2.05, 4.69) is 0 Å². The molecule has 2 N–H and O–H groups in total. The molecule has 3 aromatic carbocycles. The summed E-state index contributed by atoms with van der Waals surface area (Å²) in [7, 11) is 0. The van der Waals surface area contributed by atoms with Gasteiger partial charge < -0.3 is 15.2 Å². The average molecular weight is 637 g/mol. The molecule has 1 saturated heterocycles. The number of esters is 1. The molecule has 0 radical (unpaired) electrons. The van der Waals surface area contributed by atoms with Crippen LogP contribution < -0.4 is 10.5 Å². The first kappa shape index (κ1) is 35.2. The van der Waals surface area contributed by atoms with Gasteiger partial charge in [-0.15, -0.1) is 0 Å². The van der Waals surface area contributed by atoms with Crippen LogP contribution in [-0.2, 0) is 22.3 Å². The zero-order valence-corrected chi connectivity index (χ0v) is 27.5. The van der Waals surface area contributed by atoms with Gasteiger partial charge in [0.25, 0.3) is 0 Å². The molecule has 8 heteroatoms. The number of likely N-dealkylation sites (tertiary alicyclic amines) is 1. The highest BCUT2D eigenvalue weighted by Crippen LogP contribution is 2.38. The van der Waals surface area contributed by atoms with Crippen LogP contribution >= 0.6 is 0 Å². The minimum absolute atomic E-state index is 0.0278. The molecule has 0 aliphatic carbocycles. The van der Waals surface area contributed by atoms with Gasteiger partial charge in [-0.2, -0.15) is 13.2 Å². The average Bonchev–Trinajstić information content (AvgIpc) is 3.00.